The molecule has 0 saturated carbocycles. The van der Waals surface area contributed by atoms with Crippen molar-refractivity contribution in [3.63, 3.8) is 0 Å². The third-order valence-corrected chi connectivity index (χ3v) is 3.60. The van der Waals surface area contributed by atoms with Crippen molar-refractivity contribution in [1.29, 1.82) is 0 Å². The Balaban J connectivity index is 2.12. The number of amides is 1. The maximum Gasteiger partial charge on any atom is 0.256 e. The fraction of sp³-hybridized carbons (Fsp3) is 0.0667. The summed E-state index contributed by atoms with van der Waals surface area (Å²) in [4.78, 5) is 12.5. The van der Waals surface area contributed by atoms with Crippen molar-refractivity contribution in [2.45, 2.75) is 6.42 Å². The van der Waals surface area contributed by atoms with Crippen LogP contribution in [0.25, 0.3) is 0 Å². The number of carbonyl (C=O) groups excluding carboxylic acids is 1. The summed E-state index contributed by atoms with van der Waals surface area (Å²) >= 11 is 8.07. The number of benzene rings is 2. The number of rotatable bonds is 4. The lowest BCUT2D eigenvalue weighted by Gasteiger charge is -2.08. The summed E-state index contributed by atoms with van der Waals surface area (Å²) in [5, 5.41) is 2.71. The van der Waals surface area contributed by atoms with E-state index in [4.69, 9.17) is 18.0 Å². The zero-order chi connectivity index (χ0) is 15.4. The molecule has 21 heavy (non-hydrogen) atoms. The topological polar surface area (TPSA) is 55.1 Å². The Morgan fingerprint density at radius 2 is 1.90 bits per heavy atom. The van der Waals surface area contributed by atoms with E-state index in [1.54, 1.807) is 12.1 Å². The molecule has 0 aliphatic heterocycles. The molecule has 0 aliphatic carbocycles. The molecule has 0 radical (unpaired) electrons. The Morgan fingerprint density at radius 3 is 2.52 bits per heavy atom. The molecule has 0 atom stereocenters. The minimum Gasteiger partial charge on any atom is -0.393 e. The second kappa shape index (κ2) is 6.78. The minimum atomic E-state index is -0.463. The summed E-state index contributed by atoms with van der Waals surface area (Å²) < 4.78 is 13.7. The van der Waals surface area contributed by atoms with Crippen LogP contribution >= 0.6 is 28.1 Å². The molecule has 0 spiro atoms. The van der Waals surface area contributed by atoms with Gasteiger partial charge in [-0.25, -0.2) is 4.39 Å². The number of carbonyl (C=O) groups is 1. The summed E-state index contributed by atoms with van der Waals surface area (Å²) in [5.41, 5.74) is 7.29. The molecule has 3 nitrogen and oxygen atoms in total. The van der Waals surface area contributed by atoms with E-state index < -0.39 is 5.82 Å². The number of halogens is 2. The van der Waals surface area contributed by atoms with Crippen molar-refractivity contribution in [2.75, 3.05) is 5.32 Å². The third kappa shape index (κ3) is 4.34. The number of thiocarbonyl (C=S) groups is 1. The average Bonchev–Trinajstić information content (AvgIpc) is 2.43. The first-order valence-corrected chi connectivity index (χ1v) is 7.29. The summed E-state index contributed by atoms with van der Waals surface area (Å²) in [7, 11) is 0. The molecule has 6 heteroatoms. The molecule has 0 heterocycles. The second-order valence-electron chi connectivity index (χ2n) is 4.42. The van der Waals surface area contributed by atoms with E-state index >= 15 is 0 Å². The van der Waals surface area contributed by atoms with Gasteiger partial charge in [0.05, 0.1) is 10.6 Å². The molecule has 2 rings (SSSR count). The van der Waals surface area contributed by atoms with Gasteiger partial charge in [0.25, 0.3) is 5.91 Å². The van der Waals surface area contributed by atoms with Gasteiger partial charge >= 0.3 is 0 Å². The predicted molar refractivity (Wildman–Crippen MR) is 89.0 cm³/mol. The van der Waals surface area contributed by atoms with E-state index in [1.807, 2.05) is 12.1 Å². The first-order valence-electron chi connectivity index (χ1n) is 6.09. The van der Waals surface area contributed by atoms with Crippen molar-refractivity contribution in [3.8, 4) is 0 Å². The van der Waals surface area contributed by atoms with E-state index in [1.165, 1.54) is 18.2 Å². The van der Waals surface area contributed by atoms with Crippen molar-refractivity contribution < 1.29 is 9.18 Å². The van der Waals surface area contributed by atoms with Gasteiger partial charge in [-0.05, 0) is 51.8 Å². The first kappa shape index (κ1) is 15.6. The van der Waals surface area contributed by atoms with Gasteiger partial charge in [0.1, 0.15) is 5.82 Å². The van der Waals surface area contributed by atoms with Gasteiger partial charge in [-0.2, -0.15) is 0 Å². The Labute approximate surface area is 135 Å². The summed E-state index contributed by atoms with van der Waals surface area (Å²) in [6.45, 7) is 0. The van der Waals surface area contributed by atoms with E-state index in [2.05, 4.69) is 21.2 Å². The molecule has 0 unspecified atom stereocenters. The molecule has 0 bridgehead atoms. The van der Waals surface area contributed by atoms with Crippen LogP contribution < -0.4 is 11.1 Å². The van der Waals surface area contributed by atoms with E-state index in [-0.39, 0.29) is 11.5 Å². The van der Waals surface area contributed by atoms with Gasteiger partial charge in [-0.1, -0.05) is 24.4 Å². The molecule has 2 aromatic carbocycles. The molecular formula is C15H12BrFN2OS. The lowest BCUT2D eigenvalue weighted by Crippen LogP contribution is -2.13. The Morgan fingerprint density at radius 1 is 1.24 bits per heavy atom. The van der Waals surface area contributed by atoms with Gasteiger partial charge in [0.2, 0.25) is 0 Å². The van der Waals surface area contributed by atoms with Crippen molar-refractivity contribution in [1.82, 2.24) is 0 Å². The molecule has 2 aromatic rings. The standard InChI is InChI=1S/C15H12BrFN2OS/c16-13-6-3-10(17)8-12(13)15(20)19-11-4-1-9(2-5-11)7-14(18)21/h1-6,8H,7H2,(H2,18,21)(H,19,20). The highest BCUT2D eigenvalue weighted by Crippen LogP contribution is 2.19. The number of hydrogen-bond donors (Lipinski definition) is 2. The van der Waals surface area contributed by atoms with Gasteiger partial charge in [0, 0.05) is 16.6 Å². The SMILES string of the molecule is NC(=S)Cc1ccc(NC(=O)c2cc(F)ccc2Br)cc1. The van der Waals surface area contributed by atoms with E-state index in [0.717, 1.165) is 5.56 Å². The largest absolute Gasteiger partial charge is 0.393 e. The maximum atomic E-state index is 13.2. The summed E-state index contributed by atoms with van der Waals surface area (Å²) in [6, 6.07) is 11.1. The van der Waals surface area contributed by atoms with E-state index in [0.29, 0.717) is 21.6 Å². The van der Waals surface area contributed by atoms with Gasteiger partial charge in [-0.15, -0.1) is 0 Å². The monoisotopic (exact) mass is 366 g/mol. The van der Waals surface area contributed by atoms with Crippen LogP contribution in [0, 0.1) is 5.82 Å². The van der Waals surface area contributed by atoms with E-state index in [9.17, 15) is 9.18 Å². The molecular weight excluding hydrogens is 355 g/mol. The average molecular weight is 367 g/mol. The number of nitrogens with two attached hydrogens (primary N) is 1. The molecule has 0 aliphatic rings. The Kier molecular flexibility index (Phi) is 5.03. The van der Waals surface area contributed by atoms with Crippen molar-refractivity contribution >= 4 is 44.7 Å². The number of hydrogen-bond acceptors (Lipinski definition) is 2. The molecule has 108 valence electrons. The molecule has 0 fully saturated rings. The zero-order valence-electron chi connectivity index (χ0n) is 10.9. The highest BCUT2D eigenvalue weighted by atomic mass is 79.9. The Hall–Kier alpha value is -1.79. The highest BCUT2D eigenvalue weighted by Gasteiger charge is 2.11. The normalized spacial score (nSPS) is 10.2. The minimum absolute atomic E-state index is 0.238. The van der Waals surface area contributed by atoms with Crippen molar-refractivity contribution in [2.24, 2.45) is 5.73 Å². The highest BCUT2D eigenvalue weighted by molar-refractivity contribution is 9.10. The Bertz CT molecular complexity index is 689. The van der Waals surface area contributed by atoms with Gasteiger partial charge in [0.15, 0.2) is 0 Å². The van der Waals surface area contributed by atoms with Crippen LogP contribution in [0.4, 0.5) is 10.1 Å². The van der Waals surface area contributed by atoms with Crippen LogP contribution in [0.3, 0.4) is 0 Å². The second-order valence-corrected chi connectivity index (χ2v) is 5.80. The van der Waals surface area contributed by atoms with Crippen LogP contribution in [0.1, 0.15) is 15.9 Å². The fourth-order valence-corrected chi connectivity index (χ4v) is 2.37. The third-order valence-electron chi connectivity index (χ3n) is 2.76. The zero-order valence-corrected chi connectivity index (χ0v) is 13.3. The molecule has 0 saturated heterocycles. The van der Waals surface area contributed by atoms with Crippen LogP contribution in [0.2, 0.25) is 0 Å². The first-order chi connectivity index (χ1) is 9.95. The van der Waals surface area contributed by atoms with Crippen LogP contribution in [0.5, 0.6) is 0 Å². The fourth-order valence-electron chi connectivity index (χ4n) is 1.78. The summed E-state index contributed by atoms with van der Waals surface area (Å²) in [6.07, 6.45) is 0.513. The van der Waals surface area contributed by atoms with Gasteiger partial charge in [-0.3, -0.25) is 4.79 Å². The lowest BCUT2D eigenvalue weighted by molar-refractivity contribution is 0.102. The lowest BCUT2D eigenvalue weighted by atomic mass is 10.1. The predicted octanol–water partition coefficient (Wildman–Crippen LogP) is 3.67. The van der Waals surface area contributed by atoms with Gasteiger partial charge < -0.3 is 11.1 Å². The summed E-state index contributed by atoms with van der Waals surface area (Å²) in [5.74, 6) is -0.848. The smallest absolute Gasteiger partial charge is 0.256 e. The molecule has 0 aromatic heterocycles. The maximum absolute atomic E-state index is 13.2. The molecule has 3 N–H and O–H groups in total. The van der Waals surface area contributed by atoms with Crippen LogP contribution in [-0.4, -0.2) is 10.9 Å². The number of nitrogens with one attached hydrogen (secondary N) is 1. The number of anilines is 1. The quantitative estimate of drug-likeness (QED) is 0.811. The molecule has 1 amide bonds. The van der Waals surface area contributed by atoms with Crippen molar-refractivity contribution in [3.05, 3.63) is 63.9 Å². The van der Waals surface area contributed by atoms with Crippen LogP contribution in [-0.2, 0) is 6.42 Å². The van der Waals surface area contributed by atoms with Crippen LogP contribution in [0.15, 0.2) is 46.9 Å².